The fourth-order valence-corrected chi connectivity index (χ4v) is 1.64. The molecule has 0 amide bonds. The van der Waals surface area contributed by atoms with Gasteiger partial charge < -0.3 is 9.13 Å². The SMILES string of the molecule is c1cc(-n2ccnc2)cc(-n2ccnc2)c1. The van der Waals surface area contributed by atoms with Gasteiger partial charge in [0.1, 0.15) is 0 Å². The number of hydrogen-bond donors (Lipinski definition) is 0. The Morgan fingerprint density at radius 3 is 1.81 bits per heavy atom. The lowest BCUT2D eigenvalue weighted by molar-refractivity contribution is 1.02. The minimum absolute atomic E-state index is 1.09. The Hall–Kier alpha value is -2.36. The Bertz CT molecular complexity index is 517. The van der Waals surface area contributed by atoms with Crippen molar-refractivity contribution in [1.29, 1.82) is 0 Å². The molecule has 0 aliphatic carbocycles. The number of nitrogens with zero attached hydrogens (tertiary/aromatic N) is 4. The highest BCUT2D eigenvalue weighted by atomic mass is 15.0. The second-order valence-electron chi connectivity index (χ2n) is 3.46. The molecule has 0 fully saturated rings. The molecule has 4 heteroatoms. The fraction of sp³-hybridized carbons (Fsp3) is 0. The zero-order chi connectivity index (χ0) is 10.8. The Morgan fingerprint density at radius 1 is 0.812 bits per heavy atom. The van der Waals surface area contributed by atoms with Crippen LogP contribution in [0.1, 0.15) is 0 Å². The van der Waals surface area contributed by atoms with Crippen LogP contribution < -0.4 is 0 Å². The molecule has 0 N–H and O–H groups in total. The minimum Gasteiger partial charge on any atom is -0.306 e. The number of benzene rings is 1. The first kappa shape index (κ1) is 8.91. The van der Waals surface area contributed by atoms with Gasteiger partial charge in [0.2, 0.25) is 0 Å². The van der Waals surface area contributed by atoms with Gasteiger partial charge in [0, 0.05) is 36.2 Å². The summed E-state index contributed by atoms with van der Waals surface area (Å²) in [6.07, 6.45) is 11.0. The molecule has 0 saturated heterocycles. The molecule has 2 heterocycles. The molecule has 2 aromatic heterocycles. The maximum Gasteiger partial charge on any atom is 0.0991 e. The van der Waals surface area contributed by atoms with Crippen LogP contribution in [0, 0.1) is 0 Å². The Labute approximate surface area is 92.8 Å². The number of imidazole rings is 2. The van der Waals surface area contributed by atoms with Crippen molar-refractivity contribution in [3.8, 4) is 11.4 Å². The predicted octanol–water partition coefficient (Wildman–Crippen LogP) is 2.06. The van der Waals surface area contributed by atoms with Crippen molar-refractivity contribution in [1.82, 2.24) is 19.1 Å². The van der Waals surface area contributed by atoms with Crippen LogP contribution in [0.15, 0.2) is 61.7 Å². The van der Waals surface area contributed by atoms with E-state index in [1.165, 1.54) is 0 Å². The third kappa shape index (κ3) is 1.50. The highest BCUT2D eigenvalue weighted by Gasteiger charge is 1.98. The number of rotatable bonds is 2. The van der Waals surface area contributed by atoms with Crippen molar-refractivity contribution >= 4 is 0 Å². The maximum absolute atomic E-state index is 4.03. The van der Waals surface area contributed by atoms with E-state index in [0.717, 1.165) is 11.4 Å². The summed E-state index contributed by atoms with van der Waals surface area (Å²) in [6.45, 7) is 0. The number of hydrogen-bond acceptors (Lipinski definition) is 2. The molecule has 0 bridgehead atoms. The van der Waals surface area contributed by atoms with E-state index < -0.39 is 0 Å². The summed E-state index contributed by atoms with van der Waals surface area (Å²) in [4.78, 5) is 8.07. The van der Waals surface area contributed by atoms with E-state index in [2.05, 4.69) is 16.0 Å². The molecular formula is C12H10N4. The molecule has 0 radical (unpaired) electrons. The van der Waals surface area contributed by atoms with Crippen molar-refractivity contribution in [2.45, 2.75) is 0 Å². The first-order valence-corrected chi connectivity index (χ1v) is 5.00. The molecule has 1 aromatic carbocycles. The standard InChI is InChI=1S/C12H10N4/c1-2-11(15-6-4-13-9-15)8-12(3-1)16-7-5-14-10-16/h1-10H. The zero-order valence-corrected chi connectivity index (χ0v) is 8.56. The van der Waals surface area contributed by atoms with E-state index in [4.69, 9.17) is 0 Å². The Morgan fingerprint density at radius 2 is 1.38 bits per heavy atom. The highest BCUT2D eigenvalue weighted by Crippen LogP contribution is 2.13. The molecular weight excluding hydrogens is 200 g/mol. The van der Waals surface area contributed by atoms with E-state index in [9.17, 15) is 0 Å². The summed E-state index contributed by atoms with van der Waals surface area (Å²) in [6, 6.07) is 8.19. The monoisotopic (exact) mass is 210 g/mol. The van der Waals surface area contributed by atoms with Crippen LogP contribution in [0.3, 0.4) is 0 Å². The molecule has 3 aromatic rings. The van der Waals surface area contributed by atoms with Crippen LogP contribution >= 0.6 is 0 Å². The zero-order valence-electron chi connectivity index (χ0n) is 8.56. The summed E-state index contributed by atoms with van der Waals surface area (Å²) < 4.78 is 3.95. The van der Waals surface area contributed by atoms with Gasteiger partial charge in [0.05, 0.1) is 12.7 Å². The Balaban J connectivity index is 2.07. The molecule has 0 unspecified atom stereocenters. The van der Waals surface area contributed by atoms with Crippen LogP contribution in [0.25, 0.3) is 11.4 Å². The van der Waals surface area contributed by atoms with Crippen molar-refractivity contribution in [2.24, 2.45) is 0 Å². The minimum atomic E-state index is 1.09. The molecule has 0 saturated carbocycles. The van der Waals surface area contributed by atoms with E-state index in [1.54, 1.807) is 25.0 Å². The lowest BCUT2D eigenvalue weighted by Crippen LogP contribution is -1.94. The largest absolute Gasteiger partial charge is 0.306 e. The first-order chi connectivity index (χ1) is 7.93. The molecule has 0 atom stereocenters. The fourth-order valence-electron chi connectivity index (χ4n) is 1.64. The number of aromatic nitrogens is 4. The van der Waals surface area contributed by atoms with Gasteiger partial charge in [-0.05, 0) is 18.2 Å². The summed E-state index contributed by atoms with van der Waals surface area (Å²) in [5.41, 5.74) is 2.17. The van der Waals surface area contributed by atoms with Crippen LogP contribution in [-0.4, -0.2) is 19.1 Å². The topological polar surface area (TPSA) is 35.6 Å². The predicted molar refractivity (Wildman–Crippen MR) is 60.7 cm³/mol. The summed E-state index contributed by atoms with van der Waals surface area (Å²) in [5, 5.41) is 0. The average molecular weight is 210 g/mol. The summed E-state index contributed by atoms with van der Waals surface area (Å²) in [5.74, 6) is 0. The molecule has 16 heavy (non-hydrogen) atoms. The summed E-state index contributed by atoms with van der Waals surface area (Å²) in [7, 11) is 0. The molecule has 0 aliphatic rings. The lowest BCUT2D eigenvalue weighted by Gasteiger charge is -2.06. The molecule has 0 aliphatic heterocycles. The Kier molecular flexibility index (Phi) is 2.04. The van der Waals surface area contributed by atoms with Gasteiger partial charge in [-0.3, -0.25) is 0 Å². The molecule has 78 valence electrons. The average Bonchev–Trinajstić information content (AvgIpc) is 3.03. The van der Waals surface area contributed by atoms with Crippen LogP contribution in [-0.2, 0) is 0 Å². The van der Waals surface area contributed by atoms with Gasteiger partial charge in [0.25, 0.3) is 0 Å². The van der Waals surface area contributed by atoms with E-state index in [1.807, 2.05) is 39.7 Å². The normalized spacial score (nSPS) is 10.5. The van der Waals surface area contributed by atoms with Crippen molar-refractivity contribution in [3.05, 3.63) is 61.7 Å². The van der Waals surface area contributed by atoms with Gasteiger partial charge in [-0.15, -0.1) is 0 Å². The van der Waals surface area contributed by atoms with Crippen LogP contribution in [0.4, 0.5) is 0 Å². The second-order valence-corrected chi connectivity index (χ2v) is 3.46. The quantitative estimate of drug-likeness (QED) is 0.649. The molecule has 0 spiro atoms. The molecule has 3 rings (SSSR count). The van der Waals surface area contributed by atoms with Crippen LogP contribution in [0.5, 0.6) is 0 Å². The molecule has 4 nitrogen and oxygen atoms in total. The lowest BCUT2D eigenvalue weighted by atomic mass is 10.2. The highest BCUT2D eigenvalue weighted by molar-refractivity contribution is 5.43. The van der Waals surface area contributed by atoms with Gasteiger partial charge in [-0.2, -0.15) is 0 Å². The van der Waals surface area contributed by atoms with Gasteiger partial charge in [0.15, 0.2) is 0 Å². The maximum atomic E-state index is 4.03. The second kappa shape index (κ2) is 3.66. The van der Waals surface area contributed by atoms with Gasteiger partial charge >= 0.3 is 0 Å². The van der Waals surface area contributed by atoms with Crippen molar-refractivity contribution in [3.63, 3.8) is 0 Å². The first-order valence-electron chi connectivity index (χ1n) is 5.00. The smallest absolute Gasteiger partial charge is 0.0991 e. The third-order valence-corrected chi connectivity index (χ3v) is 2.43. The van der Waals surface area contributed by atoms with Crippen molar-refractivity contribution in [2.75, 3.05) is 0 Å². The van der Waals surface area contributed by atoms with Gasteiger partial charge in [-0.1, -0.05) is 6.07 Å². The van der Waals surface area contributed by atoms with Crippen LogP contribution in [0.2, 0.25) is 0 Å². The third-order valence-electron chi connectivity index (χ3n) is 2.43. The van der Waals surface area contributed by atoms with E-state index in [-0.39, 0.29) is 0 Å². The summed E-state index contributed by atoms with van der Waals surface area (Å²) >= 11 is 0. The van der Waals surface area contributed by atoms with E-state index >= 15 is 0 Å². The van der Waals surface area contributed by atoms with Gasteiger partial charge in [-0.25, -0.2) is 9.97 Å². The van der Waals surface area contributed by atoms with E-state index in [0.29, 0.717) is 0 Å². The van der Waals surface area contributed by atoms with Crippen molar-refractivity contribution < 1.29 is 0 Å².